The second kappa shape index (κ2) is 3.07. The van der Waals surface area contributed by atoms with Gasteiger partial charge in [0, 0.05) is 10.4 Å². The lowest BCUT2D eigenvalue weighted by Gasteiger charge is -2.05. The number of aliphatic carboxylic acids is 1. The van der Waals surface area contributed by atoms with Gasteiger partial charge < -0.3 is 10.8 Å². The molecule has 1 aromatic rings. The molecule has 0 amide bonds. The van der Waals surface area contributed by atoms with Crippen molar-refractivity contribution in [2.75, 3.05) is 0 Å². The first-order valence-corrected chi connectivity index (χ1v) is 5.11. The largest absolute Gasteiger partial charge is 0.480 e. The molecule has 1 aromatic carbocycles. The van der Waals surface area contributed by atoms with E-state index in [-0.39, 0.29) is 5.92 Å². The predicted octanol–water partition coefficient (Wildman–Crippen LogP) is 1.72. The molecule has 3 nitrogen and oxygen atoms in total. The van der Waals surface area contributed by atoms with Crippen LogP contribution in [0.2, 0.25) is 0 Å². The Morgan fingerprint density at radius 1 is 1.50 bits per heavy atom. The number of hydrogen-bond donors (Lipinski definition) is 2. The van der Waals surface area contributed by atoms with E-state index in [2.05, 4.69) is 15.9 Å². The van der Waals surface area contributed by atoms with Gasteiger partial charge in [0.15, 0.2) is 0 Å². The van der Waals surface area contributed by atoms with Gasteiger partial charge in [-0.1, -0.05) is 28.1 Å². The lowest BCUT2D eigenvalue weighted by Crippen LogP contribution is -2.34. The minimum atomic E-state index is -1.03. The Kier molecular flexibility index (Phi) is 2.12. The Morgan fingerprint density at radius 2 is 2.07 bits per heavy atom. The highest BCUT2D eigenvalue weighted by atomic mass is 79.9. The standard InChI is InChI=1S/C10H10BrNO2/c11-7-3-1-6(2-4-7)8-5-10(8,12)9(13)14/h1-4,8H,5,12H2,(H,13,14)/t8-,10-/m1/s1. The molecular formula is C10H10BrNO2. The van der Waals surface area contributed by atoms with Gasteiger partial charge in [-0.15, -0.1) is 0 Å². The van der Waals surface area contributed by atoms with Crippen LogP contribution in [0, 0.1) is 0 Å². The lowest BCUT2D eigenvalue weighted by atomic mass is 10.1. The monoisotopic (exact) mass is 255 g/mol. The van der Waals surface area contributed by atoms with Crippen LogP contribution in [0.3, 0.4) is 0 Å². The molecule has 3 N–H and O–H groups in total. The quantitative estimate of drug-likeness (QED) is 0.846. The molecule has 0 heterocycles. The number of carboxylic acids is 1. The molecule has 1 saturated carbocycles. The van der Waals surface area contributed by atoms with Crippen LogP contribution >= 0.6 is 15.9 Å². The van der Waals surface area contributed by atoms with Crippen LogP contribution in [0.15, 0.2) is 28.7 Å². The molecule has 14 heavy (non-hydrogen) atoms. The maximum absolute atomic E-state index is 10.8. The van der Waals surface area contributed by atoms with Crippen molar-refractivity contribution < 1.29 is 9.90 Å². The highest BCUT2D eigenvalue weighted by Crippen LogP contribution is 2.49. The Balaban J connectivity index is 2.21. The average Bonchev–Trinajstić information content (AvgIpc) is 2.81. The van der Waals surface area contributed by atoms with Crippen LogP contribution in [0.5, 0.6) is 0 Å². The summed E-state index contributed by atoms with van der Waals surface area (Å²) >= 11 is 3.32. The van der Waals surface area contributed by atoms with E-state index in [0.717, 1.165) is 10.0 Å². The van der Waals surface area contributed by atoms with E-state index in [1.165, 1.54) is 0 Å². The van der Waals surface area contributed by atoms with Gasteiger partial charge >= 0.3 is 5.97 Å². The summed E-state index contributed by atoms with van der Waals surface area (Å²) in [6.45, 7) is 0. The van der Waals surface area contributed by atoms with Crippen LogP contribution < -0.4 is 5.73 Å². The van der Waals surface area contributed by atoms with Gasteiger partial charge in [0.2, 0.25) is 0 Å². The Hall–Kier alpha value is -0.870. The van der Waals surface area contributed by atoms with E-state index in [9.17, 15) is 4.79 Å². The molecule has 0 bridgehead atoms. The third-order valence-corrected chi connectivity index (χ3v) is 3.20. The SMILES string of the molecule is N[C@]1(C(=O)O)C[C@@H]1c1ccc(Br)cc1. The summed E-state index contributed by atoms with van der Waals surface area (Å²) in [5.74, 6) is -0.946. The molecule has 0 unspecified atom stereocenters. The Labute approximate surface area is 90.0 Å². The molecule has 1 aliphatic carbocycles. The zero-order valence-corrected chi connectivity index (χ0v) is 8.99. The Morgan fingerprint density at radius 3 is 2.50 bits per heavy atom. The fourth-order valence-corrected chi connectivity index (χ4v) is 1.89. The molecule has 0 saturated heterocycles. The maximum atomic E-state index is 10.8. The highest BCUT2D eigenvalue weighted by molar-refractivity contribution is 9.10. The molecule has 1 aliphatic rings. The van der Waals surface area contributed by atoms with Crippen LogP contribution in [-0.2, 0) is 4.79 Å². The summed E-state index contributed by atoms with van der Waals surface area (Å²) in [4.78, 5) is 10.8. The second-order valence-electron chi connectivity index (χ2n) is 3.65. The summed E-state index contributed by atoms with van der Waals surface area (Å²) in [6.07, 6.45) is 0.532. The topological polar surface area (TPSA) is 63.3 Å². The number of nitrogens with two attached hydrogens (primary N) is 1. The van der Waals surface area contributed by atoms with E-state index in [4.69, 9.17) is 10.8 Å². The summed E-state index contributed by atoms with van der Waals surface area (Å²) in [5, 5.41) is 8.86. The molecular weight excluding hydrogens is 246 g/mol. The van der Waals surface area contributed by atoms with E-state index in [1.807, 2.05) is 24.3 Å². The minimum absolute atomic E-state index is 0.0342. The van der Waals surface area contributed by atoms with Crippen molar-refractivity contribution in [2.45, 2.75) is 17.9 Å². The molecule has 2 rings (SSSR count). The van der Waals surface area contributed by atoms with Crippen molar-refractivity contribution in [2.24, 2.45) is 5.73 Å². The van der Waals surface area contributed by atoms with E-state index >= 15 is 0 Å². The fraction of sp³-hybridized carbons (Fsp3) is 0.300. The van der Waals surface area contributed by atoms with Crippen LogP contribution in [0.1, 0.15) is 17.9 Å². The van der Waals surface area contributed by atoms with Crippen molar-refractivity contribution in [1.29, 1.82) is 0 Å². The number of halogens is 1. The normalized spacial score (nSPS) is 30.0. The number of carboxylic acid groups (broad SMARTS) is 1. The molecule has 74 valence electrons. The van der Waals surface area contributed by atoms with Crippen LogP contribution in [0.25, 0.3) is 0 Å². The number of rotatable bonds is 2. The van der Waals surface area contributed by atoms with Gasteiger partial charge in [-0.2, -0.15) is 0 Å². The fourth-order valence-electron chi connectivity index (χ4n) is 1.63. The van der Waals surface area contributed by atoms with Gasteiger partial charge in [-0.25, -0.2) is 0 Å². The number of hydrogen-bond acceptors (Lipinski definition) is 2. The minimum Gasteiger partial charge on any atom is -0.480 e. The molecule has 0 aromatic heterocycles. The molecule has 2 atom stereocenters. The molecule has 0 radical (unpaired) electrons. The number of carbonyl (C=O) groups is 1. The smallest absolute Gasteiger partial charge is 0.324 e. The first-order valence-electron chi connectivity index (χ1n) is 4.32. The van der Waals surface area contributed by atoms with Gasteiger partial charge in [-0.3, -0.25) is 4.79 Å². The summed E-state index contributed by atoms with van der Waals surface area (Å²) in [7, 11) is 0. The lowest BCUT2D eigenvalue weighted by molar-refractivity contribution is -0.139. The second-order valence-corrected chi connectivity index (χ2v) is 4.57. The first-order chi connectivity index (χ1) is 6.54. The van der Waals surface area contributed by atoms with E-state index in [1.54, 1.807) is 0 Å². The molecule has 1 fully saturated rings. The van der Waals surface area contributed by atoms with Crippen molar-refractivity contribution in [3.8, 4) is 0 Å². The summed E-state index contributed by atoms with van der Waals surface area (Å²) < 4.78 is 0.986. The predicted molar refractivity (Wildman–Crippen MR) is 56.1 cm³/mol. The average molecular weight is 256 g/mol. The summed E-state index contributed by atoms with van der Waals surface area (Å²) in [5.41, 5.74) is 5.66. The van der Waals surface area contributed by atoms with Gasteiger partial charge in [0.25, 0.3) is 0 Å². The van der Waals surface area contributed by atoms with Gasteiger partial charge in [0.05, 0.1) is 0 Å². The summed E-state index contributed by atoms with van der Waals surface area (Å²) in [6, 6.07) is 7.62. The van der Waals surface area contributed by atoms with Gasteiger partial charge in [-0.05, 0) is 24.1 Å². The highest BCUT2D eigenvalue weighted by Gasteiger charge is 2.58. The van der Waals surface area contributed by atoms with Gasteiger partial charge in [0.1, 0.15) is 5.54 Å². The maximum Gasteiger partial charge on any atom is 0.324 e. The van der Waals surface area contributed by atoms with Crippen molar-refractivity contribution >= 4 is 21.9 Å². The number of benzene rings is 1. The zero-order chi connectivity index (χ0) is 10.3. The third kappa shape index (κ3) is 1.44. The first kappa shape index (κ1) is 9.68. The Bertz CT molecular complexity index is 376. The molecule has 0 spiro atoms. The van der Waals surface area contributed by atoms with Crippen molar-refractivity contribution in [1.82, 2.24) is 0 Å². The zero-order valence-electron chi connectivity index (χ0n) is 7.40. The third-order valence-electron chi connectivity index (χ3n) is 2.67. The molecule has 4 heteroatoms. The van der Waals surface area contributed by atoms with Crippen LogP contribution in [-0.4, -0.2) is 16.6 Å². The van der Waals surface area contributed by atoms with Crippen molar-refractivity contribution in [3.05, 3.63) is 34.3 Å². The van der Waals surface area contributed by atoms with E-state index < -0.39 is 11.5 Å². The van der Waals surface area contributed by atoms with Crippen LogP contribution in [0.4, 0.5) is 0 Å². The van der Waals surface area contributed by atoms with E-state index in [0.29, 0.717) is 6.42 Å². The van der Waals surface area contributed by atoms with Crippen molar-refractivity contribution in [3.63, 3.8) is 0 Å². The molecule has 0 aliphatic heterocycles.